The number of nitrogens with one attached hydrogen (secondary N) is 1. The van der Waals surface area contributed by atoms with E-state index in [2.05, 4.69) is 5.32 Å². The second-order valence-corrected chi connectivity index (χ2v) is 6.42. The first-order valence-corrected chi connectivity index (χ1v) is 8.21. The van der Waals surface area contributed by atoms with Crippen LogP contribution in [0.4, 0.5) is 10.5 Å². The zero-order chi connectivity index (χ0) is 19.7. The molecule has 1 aliphatic rings. The van der Waals surface area contributed by atoms with Crippen LogP contribution >= 0.6 is 11.6 Å². The third-order valence-corrected chi connectivity index (χ3v) is 4.22. The quantitative estimate of drug-likeness (QED) is 0.361. The predicted octanol–water partition coefficient (Wildman–Crippen LogP) is 3.36. The lowest BCUT2D eigenvalue weighted by Gasteiger charge is -2.11. The average Bonchev–Trinajstić information content (AvgIpc) is 2.87. The first-order chi connectivity index (χ1) is 12.8. The van der Waals surface area contributed by atoms with Crippen LogP contribution in [0.1, 0.15) is 16.7 Å². The maximum absolute atomic E-state index is 12.5. The van der Waals surface area contributed by atoms with Crippen molar-refractivity contribution in [3.05, 3.63) is 73.9 Å². The van der Waals surface area contributed by atoms with E-state index in [4.69, 9.17) is 11.6 Å². The van der Waals surface area contributed by atoms with Gasteiger partial charge in [0.1, 0.15) is 5.70 Å². The molecule has 0 spiro atoms. The summed E-state index contributed by atoms with van der Waals surface area (Å²) in [6.07, 6.45) is 1.16. The summed E-state index contributed by atoms with van der Waals surface area (Å²) in [4.78, 5) is 35.9. The van der Waals surface area contributed by atoms with Gasteiger partial charge in [0, 0.05) is 16.7 Å². The molecule has 0 atom stereocenters. The molecular formula is C18H14ClN3O5. The minimum absolute atomic E-state index is 0.0135. The summed E-state index contributed by atoms with van der Waals surface area (Å²) >= 11 is 5.84. The summed E-state index contributed by atoms with van der Waals surface area (Å²) in [5, 5.41) is 23.4. The Morgan fingerprint density at radius 1 is 1.26 bits per heavy atom. The van der Waals surface area contributed by atoms with Gasteiger partial charge >= 0.3 is 11.7 Å². The number of nitrogens with zero attached hydrogens (tertiary/aromatic N) is 2. The minimum atomic E-state index is -0.790. The minimum Gasteiger partial charge on any atom is -0.502 e. The Morgan fingerprint density at radius 3 is 2.56 bits per heavy atom. The summed E-state index contributed by atoms with van der Waals surface area (Å²) in [6.45, 7) is 2.00. The summed E-state index contributed by atoms with van der Waals surface area (Å²) in [7, 11) is 0. The number of hydrogen-bond acceptors (Lipinski definition) is 5. The van der Waals surface area contributed by atoms with Gasteiger partial charge in [0.25, 0.3) is 5.91 Å². The summed E-state index contributed by atoms with van der Waals surface area (Å²) in [5.74, 6) is -1.25. The van der Waals surface area contributed by atoms with Crippen LogP contribution in [0.15, 0.2) is 42.1 Å². The summed E-state index contributed by atoms with van der Waals surface area (Å²) < 4.78 is 0. The van der Waals surface area contributed by atoms with Crippen molar-refractivity contribution in [2.45, 2.75) is 13.5 Å². The van der Waals surface area contributed by atoms with Crippen molar-refractivity contribution < 1.29 is 19.6 Å². The summed E-state index contributed by atoms with van der Waals surface area (Å²) in [5.41, 5.74) is 1.07. The van der Waals surface area contributed by atoms with Crippen LogP contribution in [0, 0.1) is 17.0 Å². The second-order valence-electron chi connectivity index (χ2n) is 5.98. The first kappa shape index (κ1) is 18.4. The fourth-order valence-corrected chi connectivity index (χ4v) is 2.82. The van der Waals surface area contributed by atoms with Crippen LogP contribution in [0.2, 0.25) is 5.02 Å². The average molecular weight is 388 g/mol. The fraction of sp³-hybridized carbons (Fsp3) is 0.111. The van der Waals surface area contributed by atoms with Crippen molar-refractivity contribution in [1.82, 2.24) is 10.2 Å². The van der Waals surface area contributed by atoms with Gasteiger partial charge in [-0.3, -0.25) is 19.8 Å². The monoisotopic (exact) mass is 387 g/mol. The molecule has 2 aromatic rings. The second kappa shape index (κ2) is 7.08. The molecule has 0 radical (unpaired) electrons. The van der Waals surface area contributed by atoms with Crippen LogP contribution in [-0.2, 0) is 11.3 Å². The van der Waals surface area contributed by atoms with Crippen LogP contribution in [-0.4, -0.2) is 26.9 Å². The number of hydrogen-bond donors (Lipinski definition) is 2. The Kier molecular flexibility index (Phi) is 4.83. The molecule has 1 fully saturated rings. The van der Waals surface area contributed by atoms with Crippen molar-refractivity contribution >= 4 is 35.3 Å². The van der Waals surface area contributed by atoms with Crippen molar-refractivity contribution in [1.29, 1.82) is 0 Å². The van der Waals surface area contributed by atoms with Gasteiger partial charge in [0.15, 0.2) is 0 Å². The molecule has 3 amide bonds. The van der Waals surface area contributed by atoms with Gasteiger partial charge in [0.05, 0.1) is 11.5 Å². The number of phenolic OH excluding ortho intramolecular Hbond substituents is 1. The molecule has 9 heteroatoms. The molecule has 1 saturated heterocycles. The molecule has 2 aromatic carbocycles. The number of benzene rings is 2. The van der Waals surface area contributed by atoms with Gasteiger partial charge < -0.3 is 10.4 Å². The number of imide groups is 1. The largest absolute Gasteiger partial charge is 0.502 e. The molecule has 3 rings (SSSR count). The van der Waals surface area contributed by atoms with E-state index in [1.165, 1.54) is 6.07 Å². The van der Waals surface area contributed by atoms with E-state index >= 15 is 0 Å². The molecule has 0 saturated carbocycles. The zero-order valence-electron chi connectivity index (χ0n) is 14.1. The molecule has 0 bridgehead atoms. The number of rotatable bonds is 4. The maximum Gasteiger partial charge on any atom is 0.329 e. The molecule has 138 valence electrons. The standard InChI is InChI=1S/C18H14ClN3O5/c1-10-2-4-11(5-3-10)9-21-17(24)14(20-18(21)25)7-12-6-13(19)8-15(16(12)23)22(26)27/h2-8,23H,9H2,1H3,(H,20,25)/b14-7+. The number of carbonyl (C=O) groups is 2. The van der Waals surface area contributed by atoms with Gasteiger partial charge in [-0.15, -0.1) is 0 Å². The third kappa shape index (κ3) is 3.75. The molecule has 0 aromatic heterocycles. The van der Waals surface area contributed by atoms with E-state index in [0.717, 1.165) is 28.2 Å². The SMILES string of the molecule is Cc1ccc(CN2C(=O)N/C(=C/c3cc(Cl)cc([N+](=O)[O-])c3O)C2=O)cc1. The third-order valence-electron chi connectivity index (χ3n) is 4.00. The van der Waals surface area contributed by atoms with Gasteiger partial charge in [-0.1, -0.05) is 41.4 Å². The molecule has 1 aliphatic heterocycles. The zero-order valence-corrected chi connectivity index (χ0v) is 14.9. The number of aromatic hydroxyl groups is 1. The van der Waals surface area contributed by atoms with E-state index in [-0.39, 0.29) is 22.8 Å². The van der Waals surface area contributed by atoms with E-state index in [1.54, 1.807) is 0 Å². The van der Waals surface area contributed by atoms with Gasteiger partial charge in [-0.05, 0) is 24.6 Å². The number of carbonyl (C=O) groups excluding carboxylic acids is 2. The van der Waals surface area contributed by atoms with Crippen LogP contribution in [0.3, 0.4) is 0 Å². The Labute approximate surface area is 158 Å². The molecule has 0 aliphatic carbocycles. The molecule has 1 heterocycles. The number of nitro groups is 1. The Hall–Kier alpha value is -3.39. The lowest BCUT2D eigenvalue weighted by molar-refractivity contribution is -0.385. The van der Waals surface area contributed by atoms with Crippen molar-refractivity contribution in [3.8, 4) is 5.75 Å². The lowest BCUT2D eigenvalue weighted by atomic mass is 10.1. The van der Waals surface area contributed by atoms with Crippen LogP contribution in [0.5, 0.6) is 5.75 Å². The van der Waals surface area contributed by atoms with Crippen molar-refractivity contribution in [2.75, 3.05) is 0 Å². The highest BCUT2D eigenvalue weighted by molar-refractivity contribution is 6.31. The van der Waals surface area contributed by atoms with Crippen molar-refractivity contribution in [2.24, 2.45) is 0 Å². The first-order valence-electron chi connectivity index (χ1n) is 7.83. The lowest BCUT2D eigenvalue weighted by Crippen LogP contribution is -2.30. The molecule has 0 unspecified atom stereocenters. The Bertz CT molecular complexity index is 985. The molecule has 27 heavy (non-hydrogen) atoms. The van der Waals surface area contributed by atoms with E-state index < -0.39 is 28.3 Å². The number of nitro benzene ring substituents is 1. The highest BCUT2D eigenvalue weighted by Gasteiger charge is 2.34. The summed E-state index contributed by atoms with van der Waals surface area (Å²) in [6, 6.07) is 8.99. The number of aryl methyl sites for hydroxylation is 1. The normalized spacial score (nSPS) is 15.3. The van der Waals surface area contributed by atoms with E-state index in [9.17, 15) is 24.8 Å². The van der Waals surface area contributed by atoms with Crippen molar-refractivity contribution in [3.63, 3.8) is 0 Å². The van der Waals surface area contributed by atoms with E-state index in [0.29, 0.717) is 0 Å². The fourth-order valence-electron chi connectivity index (χ4n) is 2.60. The number of halogens is 1. The van der Waals surface area contributed by atoms with Gasteiger partial charge in [0.2, 0.25) is 5.75 Å². The number of urea groups is 1. The highest BCUT2D eigenvalue weighted by Crippen LogP contribution is 2.34. The van der Waals surface area contributed by atoms with Crippen LogP contribution in [0.25, 0.3) is 6.08 Å². The number of amides is 3. The Balaban J connectivity index is 1.90. The molecular weight excluding hydrogens is 374 g/mol. The number of phenols is 1. The van der Waals surface area contributed by atoms with Gasteiger partial charge in [-0.25, -0.2) is 4.79 Å². The van der Waals surface area contributed by atoms with Crippen LogP contribution < -0.4 is 5.32 Å². The maximum atomic E-state index is 12.5. The molecule has 2 N–H and O–H groups in total. The van der Waals surface area contributed by atoms with Gasteiger partial charge in [-0.2, -0.15) is 0 Å². The predicted molar refractivity (Wildman–Crippen MR) is 98.0 cm³/mol. The molecule has 8 nitrogen and oxygen atoms in total. The van der Waals surface area contributed by atoms with E-state index in [1.807, 2.05) is 31.2 Å². The topological polar surface area (TPSA) is 113 Å². The highest BCUT2D eigenvalue weighted by atomic mass is 35.5. The smallest absolute Gasteiger partial charge is 0.329 e. The Morgan fingerprint density at radius 2 is 1.93 bits per heavy atom.